The molecule has 2 atom stereocenters. The zero-order valence-corrected chi connectivity index (χ0v) is 20.8. The van der Waals surface area contributed by atoms with Crippen molar-refractivity contribution in [3.63, 3.8) is 0 Å². The summed E-state index contributed by atoms with van der Waals surface area (Å²) in [7, 11) is 0. The van der Waals surface area contributed by atoms with Crippen molar-refractivity contribution in [1.82, 2.24) is 4.90 Å². The SMILES string of the molecule is Cc1ccc([C@](C)(O)CN2CC(=O)N(c3ccc(OCCO)cc3)[C@H](c3ccc(Cl)cc3)C2)cc1. The van der Waals surface area contributed by atoms with E-state index in [4.69, 9.17) is 21.4 Å². The molecule has 0 bridgehead atoms. The number of carbonyl (C=O) groups excluding carboxylic acids is 1. The van der Waals surface area contributed by atoms with Crippen LogP contribution in [0.2, 0.25) is 5.02 Å². The lowest BCUT2D eigenvalue weighted by molar-refractivity contribution is -0.123. The molecule has 2 N–H and O–H groups in total. The molecule has 0 radical (unpaired) electrons. The van der Waals surface area contributed by atoms with Crippen LogP contribution >= 0.6 is 11.6 Å². The Hall–Kier alpha value is -2.90. The first-order valence-electron chi connectivity index (χ1n) is 11.7. The van der Waals surface area contributed by atoms with Gasteiger partial charge in [0.15, 0.2) is 0 Å². The van der Waals surface area contributed by atoms with Gasteiger partial charge in [-0.3, -0.25) is 9.69 Å². The number of aryl methyl sites for hydroxylation is 1. The first-order valence-corrected chi connectivity index (χ1v) is 12.1. The Morgan fingerprint density at radius 3 is 2.31 bits per heavy atom. The van der Waals surface area contributed by atoms with Gasteiger partial charge in [0, 0.05) is 23.8 Å². The van der Waals surface area contributed by atoms with Crippen LogP contribution in [0, 0.1) is 6.92 Å². The predicted octanol–water partition coefficient (Wildman–Crippen LogP) is 4.32. The smallest absolute Gasteiger partial charge is 0.241 e. The van der Waals surface area contributed by atoms with Crippen molar-refractivity contribution in [1.29, 1.82) is 0 Å². The Balaban J connectivity index is 1.60. The summed E-state index contributed by atoms with van der Waals surface area (Å²) in [6.07, 6.45) is 0. The van der Waals surface area contributed by atoms with Crippen LogP contribution in [0.15, 0.2) is 72.8 Å². The molecule has 4 rings (SSSR count). The summed E-state index contributed by atoms with van der Waals surface area (Å²) in [5.41, 5.74) is 2.56. The molecule has 184 valence electrons. The van der Waals surface area contributed by atoms with Crippen LogP contribution in [-0.4, -0.2) is 53.9 Å². The van der Waals surface area contributed by atoms with Gasteiger partial charge < -0.3 is 19.8 Å². The summed E-state index contributed by atoms with van der Waals surface area (Å²) >= 11 is 6.13. The second kappa shape index (κ2) is 10.8. The fourth-order valence-electron chi connectivity index (χ4n) is 4.52. The van der Waals surface area contributed by atoms with E-state index in [0.717, 1.165) is 22.4 Å². The van der Waals surface area contributed by atoms with E-state index in [1.165, 1.54) is 0 Å². The molecular weight excluding hydrogens is 464 g/mol. The van der Waals surface area contributed by atoms with E-state index in [-0.39, 0.29) is 31.7 Å². The van der Waals surface area contributed by atoms with Crippen LogP contribution in [0.1, 0.15) is 29.7 Å². The van der Waals surface area contributed by atoms with E-state index in [2.05, 4.69) is 0 Å². The lowest BCUT2D eigenvalue weighted by atomic mass is 9.93. The van der Waals surface area contributed by atoms with Crippen molar-refractivity contribution >= 4 is 23.2 Å². The zero-order chi connectivity index (χ0) is 25.0. The standard InChI is InChI=1S/C28H31ClN2O4/c1-20-3-7-22(8-4-20)28(2,34)19-30-17-26(21-5-9-23(29)10-6-21)31(27(33)18-30)24-11-13-25(14-12-24)35-16-15-32/h3-14,26,32,34H,15-19H2,1-2H3/t26-,28+/m0/s1. The summed E-state index contributed by atoms with van der Waals surface area (Å²) in [4.78, 5) is 17.3. The third kappa shape index (κ3) is 6.03. The Morgan fingerprint density at radius 1 is 1.03 bits per heavy atom. The van der Waals surface area contributed by atoms with Crippen molar-refractivity contribution in [3.05, 3.63) is 94.5 Å². The highest BCUT2D eigenvalue weighted by molar-refractivity contribution is 6.30. The molecule has 6 nitrogen and oxygen atoms in total. The molecule has 0 saturated carbocycles. The number of piperazine rings is 1. The molecule has 1 amide bonds. The number of anilines is 1. The minimum absolute atomic E-state index is 0.0556. The summed E-state index contributed by atoms with van der Waals surface area (Å²) < 4.78 is 5.47. The second-order valence-corrected chi connectivity index (χ2v) is 9.64. The molecule has 0 aromatic heterocycles. The minimum atomic E-state index is -1.10. The van der Waals surface area contributed by atoms with Crippen molar-refractivity contribution in [2.24, 2.45) is 0 Å². The van der Waals surface area contributed by atoms with Crippen LogP contribution in [0.4, 0.5) is 5.69 Å². The predicted molar refractivity (Wildman–Crippen MR) is 138 cm³/mol. The van der Waals surface area contributed by atoms with Crippen LogP contribution in [-0.2, 0) is 10.4 Å². The third-order valence-corrected chi connectivity index (χ3v) is 6.56. The second-order valence-electron chi connectivity index (χ2n) is 9.21. The van der Waals surface area contributed by atoms with Crippen molar-refractivity contribution in [2.75, 3.05) is 37.7 Å². The molecule has 3 aromatic rings. The number of nitrogens with zero attached hydrogens (tertiary/aromatic N) is 2. The number of aliphatic hydroxyl groups is 2. The number of rotatable bonds is 8. The number of aliphatic hydroxyl groups excluding tert-OH is 1. The minimum Gasteiger partial charge on any atom is -0.491 e. The quantitative estimate of drug-likeness (QED) is 0.488. The lowest BCUT2D eigenvalue weighted by Crippen LogP contribution is -2.55. The normalized spacial score (nSPS) is 18.4. The van der Waals surface area contributed by atoms with Crippen molar-refractivity contribution in [3.8, 4) is 5.75 Å². The highest BCUT2D eigenvalue weighted by Gasteiger charge is 2.37. The van der Waals surface area contributed by atoms with E-state index in [0.29, 0.717) is 23.9 Å². The van der Waals surface area contributed by atoms with Gasteiger partial charge in [0.2, 0.25) is 5.91 Å². The van der Waals surface area contributed by atoms with E-state index in [9.17, 15) is 9.90 Å². The van der Waals surface area contributed by atoms with Gasteiger partial charge in [0.25, 0.3) is 0 Å². The molecule has 1 saturated heterocycles. The van der Waals surface area contributed by atoms with E-state index in [1.807, 2.05) is 72.5 Å². The number of hydrogen-bond donors (Lipinski definition) is 2. The Labute approximate surface area is 211 Å². The molecule has 7 heteroatoms. The van der Waals surface area contributed by atoms with Gasteiger partial charge in [-0.15, -0.1) is 0 Å². The maximum absolute atomic E-state index is 13.5. The van der Waals surface area contributed by atoms with Crippen LogP contribution in [0.25, 0.3) is 0 Å². The average molecular weight is 495 g/mol. The van der Waals surface area contributed by atoms with Crippen LogP contribution in [0.5, 0.6) is 5.75 Å². The highest BCUT2D eigenvalue weighted by Crippen LogP contribution is 2.34. The Bertz CT molecular complexity index is 1130. The maximum atomic E-state index is 13.5. The number of benzene rings is 3. The molecule has 1 aliphatic heterocycles. The van der Waals surface area contributed by atoms with E-state index < -0.39 is 5.60 Å². The summed E-state index contributed by atoms with van der Waals surface area (Å²) in [5.74, 6) is 0.575. The van der Waals surface area contributed by atoms with Gasteiger partial charge >= 0.3 is 0 Å². The van der Waals surface area contributed by atoms with Crippen LogP contribution < -0.4 is 9.64 Å². The molecule has 0 unspecified atom stereocenters. The molecule has 35 heavy (non-hydrogen) atoms. The first kappa shape index (κ1) is 25.2. The van der Waals surface area contributed by atoms with Gasteiger partial charge in [0.1, 0.15) is 12.4 Å². The van der Waals surface area contributed by atoms with E-state index >= 15 is 0 Å². The number of ether oxygens (including phenoxy) is 1. The lowest BCUT2D eigenvalue weighted by Gasteiger charge is -2.43. The molecule has 0 spiro atoms. The highest BCUT2D eigenvalue weighted by atomic mass is 35.5. The van der Waals surface area contributed by atoms with Gasteiger partial charge in [-0.25, -0.2) is 0 Å². The van der Waals surface area contributed by atoms with Crippen LogP contribution in [0.3, 0.4) is 0 Å². The third-order valence-electron chi connectivity index (χ3n) is 6.31. The first-order chi connectivity index (χ1) is 16.8. The number of halogens is 1. The molecule has 3 aromatic carbocycles. The van der Waals surface area contributed by atoms with Gasteiger partial charge in [-0.1, -0.05) is 53.6 Å². The fourth-order valence-corrected chi connectivity index (χ4v) is 4.65. The number of carbonyl (C=O) groups is 1. The average Bonchev–Trinajstić information content (AvgIpc) is 2.83. The zero-order valence-electron chi connectivity index (χ0n) is 20.0. The fraction of sp³-hybridized carbons (Fsp3) is 0.321. The Morgan fingerprint density at radius 2 is 1.69 bits per heavy atom. The van der Waals surface area contributed by atoms with Gasteiger partial charge in [0.05, 0.1) is 24.8 Å². The number of amides is 1. The largest absolute Gasteiger partial charge is 0.491 e. The summed E-state index contributed by atoms with van der Waals surface area (Å²) in [6, 6.07) is 22.4. The molecule has 1 fully saturated rings. The molecule has 1 heterocycles. The van der Waals surface area contributed by atoms with Gasteiger partial charge in [-0.05, 0) is 61.4 Å². The Kier molecular flexibility index (Phi) is 7.77. The van der Waals surface area contributed by atoms with E-state index in [1.54, 1.807) is 24.0 Å². The monoisotopic (exact) mass is 494 g/mol. The molecule has 1 aliphatic rings. The van der Waals surface area contributed by atoms with Crippen molar-refractivity contribution in [2.45, 2.75) is 25.5 Å². The maximum Gasteiger partial charge on any atom is 0.241 e. The number of hydrogen-bond acceptors (Lipinski definition) is 5. The van der Waals surface area contributed by atoms with Crippen molar-refractivity contribution < 1.29 is 19.7 Å². The summed E-state index contributed by atoms with van der Waals surface area (Å²) in [6.45, 7) is 5.02. The topological polar surface area (TPSA) is 73.2 Å². The molecular formula is C28H31ClN2O4. The van der Waals surface area contributed by atoms with Gasteiger partial charge in [-0.2, -0.15) is 0 Å². The summed E-state index contributed by atoms with van der Waals surface area (Å²) in [5, 5.41) is 20.9. The molecule has 0 aliphatic carbocycles. The number of β-amino-alcohol motifs (C(OH)–C–C–N with tert-alkyl or cyclic N) is 1.